The molecular weight excluding hydrogens is 366 g/mol. The lowest BCUT2D eigenvalue weighted by molar-refractivity contribution is -0.122. The summed E-state index contributed by atoms with van der Waals surface area (Å²) in [6, 6.07) is 15.9. The number of benzene rings is 2. The smallest absolute Gasteiger partial charge is 0.227 e. The largest absolute Gasteiger partial charge is 0.497 e. The molecule has 0 atom stereocenters. The molecule has 0 aliphatic carbocycles. The van der Waals surface area contributed by atoms with Gasteiger partial charge in [-0.2, -0.15) is 4.98 Å². The maximum Gasteiger partial charge on any atom is 0.227 e. The maximum absolute atomic E-state index is 11.4. The molecule has 29 heavy (non-hydrogen) atoms. The van der Waals surface area contributed by atoms with E-state index in [1.807, 2.05) is 48.5 Å². The van der Waals surface area contributed by atoms with Crippen molar-refractivity contribution in [2.24, 2.45) is 11.7 Å². The second kappa shape index (κ2) is 8.34. The summed E-state index contributed by atoms with van der Waals surface area (Å²) in [7, 11) is 1.66. The Hall–Kier alpha value is -3.35. The number of primary amides is 1. The average Bonchev–Trinajstić information content (AvgIpc) is 2.77. The number of amides is 1. The first kappa shape index (κ1) is 19.0. The van der Waals surface area contributed by atoms with E-state index in [0.29, 0.717) is 12.5 Å². The zero-order chi connectivity index (χ0) is 20.2. The van der Waals surface area contributed by atoms with Crippen molar-refractivity contribution < 1.29 is 9.53 Å². The molecule has 1 saturated heterocycles. The molecule has 4 rings (SSSR count). The summed E-state index contributed by atoms with van der Waals surface area (Å²) in [6.45, 7) is 2.10. The number of aromatic nitrogens is 2. The number of para-hydroxylation sites is 1. The van der Waals surface area contributed by atoms with Crippen LogP contribution in [0.3, 0.4) is 0 Å². The quantitative estimate of drug-likeness (QED) is 0.671. The summed E-state index contributed by atoms with van der Waals surface area (Å²) in [5.74, 6) is 2.05. The van der Waals surface area contributed by atoms with Crippen LogP contribution in [0.25, 0.3) is 10.9 Å². The fraction of sp³-hybridized carbons (Fsp3) is 0.318. The number of carbonyl (C=O) groups is 1. The third-order valence-electron chi connectivity index (χ3n) is 5.39. The van der Waals surface area contributed by atoms with Crippen molar-refractivity contribution in [3.63, 3.8) is 0 Å². The summed E-state index contributed by atoms with van der Waals surface area (Å²) in [5.41, 5.74) is 7.49. The predicted octanol–water partition coefficient (Wildman–Crippen LogP) is 2.95. The van der Waals surface area contributed by atoms with E-state index >= 15 is 0 Å². The van der Waals surface area contributed by atoms with Crippen LogP contribution >= 0.6 is 0 Å². The Morgan fingerprint density at radius 3 is 2.55 bits per heavy atom. The van der Waals surface area contributed by atoms with Gasteiger partial charge in [-0.25, -0.2) is 4.98 Å². The molecule has 7 nitrogen and oxygen atoms in total. The van der Waals surface area contributed by atoms with Crippen LogP contribution in [0.2, 0.25) is 0 Å². The lowest BCUT2D eigenvalue weighted by Gasteiger charge is -2.31. The van der Waals surface area contributed by atoms with Crippen LogP contribution < -0.4 is 20.7 Å². The van der Waals surface area contributed by atoms with Crippen LogP contribution in [-0.4, -0.2) is 36.1 Å². The Bertz CT molecular complexity index is 998. The van der Waals surface area contributed by atoms with E-state index in [2.05, 4.69) is 10.2 Å². The number of nitrogens with zero attached hydrogens (tertiary/aromatic N) is 3. The number of piperidine rings is 1. The van der Waals surface area contributed by atoms with Crippen molar-refractivity contribution in [2.75, 3.05) is 30.4 Å². The van der Waals surface area contributed by atoms with Gasteiger partial charge in [-0.15, -0.1) is 0 Å². The molecule has 2 aromatic carbocycles. The lowest BCUT2D eigenvalue weighted by Crippen LogP contribution is -2.39. The molecule has 1 aromatic heterocycles. The van der Waals surface area contributed by atoms with Gasteiger partial charge in [0.2, 0.25) is 11.9 Å². The normalized spacial score (nSPS) is 14.7. The summed E-state index contributed by atoms with van der Waals surface area (Å²) in [4.78, 5) is 23.1. The van der Waals surface area contributed by atoms with Gasteiger partial charge in [0.1, 0.15) is 11.6 Å². The number of methoxy groups -OCH3 is 1. The Labute approximate surface area is 169 Å². The van der Waals surface area contributed by atoms with Crippen molar-refractivity contribution >= 4 is 28.6 Å². The summed E-state index contributed by atoms with van der Waals surface area (Å²) >= 11 is 0. The molecule has 2 heterocycles. The molecule has 0 unspecified atom stereocenters. The fourth-order valence-electron chi connectivity index (χ4n) is 3.63. The minimum absolute atomic E-state index is 0.0561. The number of fused-ring (bicyclic) bond motifs is 1. The Morgan fingerprint density at radius 1 is 1.14 bits per heavy atom. The number of carbonyl (C=O) groups excluding carboxylic acids is 1. The van der Waals surface area contributed by atoms with E-state index in [0.717, 1.165) is 54.0 Å². The number of ether oxygens (including phenoxy) is 1. The number of rotatable bonds is 6. The van der Waals surface area contributed by atoms with E-state index in [-0.39, 0.29) is 11.8 Å². The van der Waals surface area contributed by atoms with E-state index in [1.165, 1.54) is 0 Å². The second-order valence-electron chi connectivity index (χ2n) is 7.25. The molecule has 1 fully saturated rings. The summed E-state index contributed by atoms with van der Waals surface area (Å²) < 4.78 is 5.22. The van der Waals surface area contributed by atoms with E-state index < -0.39 is 0 Å². The molecule has 1 amide bonds. The minimum Gasteiger partial charge on any atom is -0.497 e. The molecule has 150 valence electrons. The molecular formula is C22H25N5O2. The van der Waals surface area contributed by atoms with Crippen LogP contribution in [0.1, 0.15) is 18.4 Å². The van der Waals surface area contributed by atoms with Gasteiger partial charge in [0, 0.05) is 30.9 Å². The first-order valence-corrected chi connectivity index (χ1v) is 9.82. The van der Waals surface area contributed by atoms with Crippen LogP contribution in [0.15, 0.2) is 48.5 Å². The van der Waals surface area contributed by atoms with Gasteiger partial charge in [0.05, 0.1) is 12.6 Å². The predicted molar refractivity (Wildman–Crippen MR) is 114 cm³/mol. The van der Waals surface area contributed by atoms with Crippen molar-refractivity contribution in [1.29, 1.82) is 0 Å². The standard InChI is InChI=1S/C22H25N5O2/c1-29-17-8-6-15(7-9-17)14-24-21-18-4-2-3-5-19(18)25-22(26-21)27-12-10-16(11-13-27)20(23)28/h2-9,16H,10-14H2,1H3,(H2,23,28)(H,24,25,26). The average molecular weight is 391 g/mol. The molecule has 0 bridgehead atoms. The number of nitrogens with one attached hydrogen (secondary N) is 1. The molecule has 0 saturated carbocycles. The van der Waals surface area contributed by atoms with Crippen LogP contribution in [0, 0.1) is 5.92 Å². The van der Waals surface area contributed by atoms with Crippen molar-refractivity contribution in [1.82, 2.24) is 9.97 Å². The number of hydrogen-bond donors (Lipinski definition) is 2. The topological polar surface area (TPSA) is 93.4 Å². The molecule has 3 N–H and O–H groups in total. The van der Waals surface area contributed by atoms with Gasteiger partial charge in [-0.05, 0) is 42.7 Å². The van der Waals surface area contributed by atoms with Gasteiger partial charge in [-0.3, -0.25) is 4.79 Å². The monoisotopic (exact) mass is 391 g/mol. The van der Waals surface area contributed by atoms with Crippen LogP contribution in [0.5, 0.6) is 5.75 Å². The number of nitrogens with two attached hydrogens (primary N) is 1. The number of anilines is 2. The summed E-state index contributed by atoms with van der Waals surface area (Å²) in [6.07, 6.45) is 1.47. The Morgan fingerprint density at radius 2 is 1.86 bits per heavy atom. The highest BCUT2D eigenvalue weighted by Gasteiger charge is 2.25. The number of hydrogen-bond acceptors (Lipinski definition) is 6. The first-order valence-electron chi connectivity index (χ1n) is 9.82. The van der Waals surface area contributed by atoms with Crippen LogP contribution in [-0.2, 0) is 11.3 Å². The van der Waals surface area contributed by atoms with E-state index in [9.17, 15) is 4.79 Å². The highest BCUT2D eigenvalue weighted by molar-refractivity contribution is 5.90. The fourth-order valence-corrected chi connectivity index (χ4v) is 3.63. The van der Waals surface area contributed by atoms with Gasteiger partial charge >= 0.3 is 0 Å². The molecule has 7 heteroatoms. The maximum atomic E-state index is 11.4. The van der Waals surface area contributed by atoms with Crippen molar-refractivity contribution in [3.8, 4) is 5.75 Å². The van der Waals surface area contributed by atoms with Gasteiger partial charge in [0.15, 0.2) is 0 Å². The van der Waals surface area contributed by atoms with Crippen molar-refractivity contribution in [3.05, 3.63) is 54.1 Å². The summed E-state index contributed by atoms with van der Waals surface area (Å²) in [5, 5.41) is 4.44. The lowest BCUT2D eigenvalue weighted by atomic mass is 9.96. The van der Waals surface area contributed by atoms with E-state index in [1.54, 1.807) is 7.11 Å². The second-order valence-corrected chi connectivity index (χ2v) is 7.25. The highest BCUT2D eigenvalue weighted by atomic mass is 16.5. The van der Waals surface area contributed by atoms with Crippen molar-refractivity contribution in [2.45, 2.75) is 19.4 Å². The zero-order valence-electron chi connectivity index (χ0n) is 16.5. The van der Waals surface area contributed by atoms with Crippen LogP contribution in [0.4, 0.5) is 11.8 Å². The molecule has 0 spiro atoms. The van der Waals surface area contributed by atoms with Gasteiger partial charge in [-0.1, -0.05) is 24.3 Å². The SMILES string of the molecule is COc1ccc(CNc2nc(N3CCC(C(N)=O)CC3)nc3ccccc23)cc1. The zero-order valence-corrected chi connectivity index (χ0v) is 16.5. The van der Waals surface area contributed by atoms with Gasteiger partial charge in [0.25, 0.3) is 0 Å². The Kier molecular flexibility index (Phi) is 5.46. The molecule has 3 aromatic rings. The highest BCUT2D eigenvalue weighted by Crippen LogP contribution is 2.27. The van der Waals surface area contributed by atoms with E-state index in [4.69, 9.17) is 20.4 Å². The molecule has 1 aliphatic rings. The third kappa shape index (κ3) is 4.23. The minimum atomic E-state index is -0.217. The first-order chi connectivity index (χ1) is 14.1. The van der Waals surface area contributed by atoms with Gasteiger partial charge < -0.3 is 20.7 Å². The third-order valence-corrected chi connectivity index (χ3v) is 5.39. The molecule has 1 aliphatic heterocycles. The Balaban J connectivity index is 1.56. The molecule has 0 radical (unpaired) electrons.